The van der Waals surface area contributed by atoms with Gasteiger partial charge in [-0.1, -0.05) is 0 Å². The molecule has 90 valence electrons. The number of hydrogen-bond donors (Lipinski definition) is 3. The average molecular weight is 232 g/mol. The lowest BCUT2D eigenvalue weighted by atomic mass is 9.86. The van der Waals surface area contributed by atoms with Crippen LogP contribution in [0.4, 0.5) is 5.82 Å². The lowest BCUT2D eigenvalue weighted by molar-refractivity contribution is 0.386. The van der Waals surface area contributed by atoms with E-state index in [1.165, 1.54) is 6.33 Å². The molecule has 17 heavy (non-hydrogen) atoms. The van der Waals surface area contributed by atoms with Crippen LogP contribution in [0.2, 0.25) is 0 Å². The van der Waals surface area contributed by atoms with Gasteiger partial charge < -0.3 is 16.5 Å². The largest absolute Gasteiger partial charge is 0.382 e. The second-order valence-electron chi connectivity index (χ2n) is 4.69. The summed E-state index contributed by atoms with van der Waals surface area (Å²) in [4.78, 5) is 15.8. The predicted molar refractivity (Wildman–Crippen MR) is 65.3 cm³/mol. The van der Waals surface area contributed by atoms with Crippen LogP contribution in [0.3, 0.4) is 0 Å². The number of nitrogen functional groups attached to an aromatic ring is 1. The molecule has 6 heteroatoms. The molecule has 2 aromatic rings. The molecule has 5 N–H and O–H groups in total. The van der Waals surface area contributed by atoms with Crippen LogP contribution in [0.5, 0.6) is 0 Å². The van der Waals surface area contributed by atoms with Crippen LogP contribution in [-0.4, -0.2) is 26.0 Å². The number of aromatic nitrogens is 4. The molecular weight excluding hydrogens is 216 g/mol. The number of nitrogens with two attached hydrogens (primary N) is 2. The SMILES string of the molecule is Nc1ncnc2nc(C3CCC(N)CC3)[nH]c12. The van der Waals surface area contributed by atoms with E-state index in [1.54, 1.807) is 0 Å². The average Bonchev–Trinajstić information content (AvgIpc) is 2.75. The molecule has 0 spiro atoms. The minimum absolute atomic E-state index is 0.348. The Morgan fingerprint density at radius 1 is 1.18 bits per heavy atom. The predicted octanol–water partition coefficient (Wildman–Crippen LogP) is 0.920. The van der Waals surface area contributed by atoms with Crippen molar-refractivity contribution in [2.75, 3.05) is 5.73 Å². The molecule has 0 aromatic carbocycles. The topological polar surface area (TPSA) is 106 Å². The zero-order valence-corrected chi connectivity index (χ0v) is 9.56. The first-order chi connectivity index (χ1) is 8.24. The van der Waals surface area contributed by atoms with Gasteiger partial charge in [-0.15, -0.1) is 0 Å². The van der Waals surface area contributed by atoms with Crippen molar-refractivity contribution in [3.63, 3.8) is 0 Å². The first-order valence-electron chi connectivity index (χ1n) is 5.95. The molecule has 3 rings (SSSR count). The van der Waals surface area contributed by atoms with Crippen LogP contribution in [-0.2, 0) is 0 Å². The number of H-pyrrole nitrogens is 1. The Labute approximate surface area is 98.8 Å². The lowest BCUT2D eigenvalue weighted by Gasteiger charge is -2.24. The second kappa shape index (κ2) is 3.96. The fraction of sp³-hybridized carbons (Fsp3) is 0.545. The third-order valence-electron chi connectivity index (χ3n) is 3.49. The van der Waals surface area contributed by atoms with E-state index in [0.29, 0.717) is 23.4 Å². The minimum Gasteiger partial charge on any atom is -0.382 e. The Hall–Kier alpha value is -1.69. The third-order valence-corrected chi connectivity index (χ3v) is 3.49. The number of nitrogens with one attached hydrogen (secondary N) is 1. The molecule has 0 atom stereocenters. The molecule has 1 aliphatic carbocycles. The molecule has 0 aliphatic heterocycles. The summed E-state index contributed by atoms with van der Waals surface area (Å²) in [6, 6.07) is 0.348. The van der Waals surface area contributed by atoms with E-state index < -0.39 is 0 Å². The van der Waals surface area contributed by atoms with Crippen LogP contribution in [0.25, 0.3) is 11.2 Å². The molecule has 0 radical (unpaired) electrons. The highest BCUT2D eigenvalue weighted by Gasteiger charge is 2.23. The van der Waals surface area contributed by atoms with Crippen molar-refractivity contribution in [1.29, 1.82) is 0 Å². The molecule has 0 saturated heterocycles. The van der Waals surface area contributed by atoms with E-state index in [-0.39, 0.29) is 0 Å². The number of anilines is 1. The Morgan fingerprint density at radius 3 is 2.65 bits per heavy atom. The van der Waals surface area contributed by atoms with Gasteiger partial charge >= 0.3 is 0 Å². The summed E-state index contributed by atoms with van der Waals surface area (Å²) >= 11 is 0. The zero-order valence-electron chi connectivity index (χ0n) is 9.56. The molecule has 1 saturated carbocycles. The van der Waals surface area contributed by atoms with Gasteiger partial charge in [0.1, 0.15) is 17.7 Å². The Bertz CT molecular complexity index is 526. The summed E-state index contributed by atoms with van der Waals surface area (Å²) in [7, 11) is 0. The summed E-state index contributed by atoms with van der Waals surface area (Å²) < 4.78 is 0. The van der Waals surface area contributed by atoms with Crippen molar-refractivity contribution in [2.24, 2.45) is 5.73 Å². The van der Waals surface area contributed by atoms with Crippen LogP contribution >= 0.6 is 0 Å². The van der Waals surface area contributed by atoms with Gasteiger partial charge in [0.2, 0.25) is 0 Å². The number of imidazole rings is 1. The molecule has 6 nitrogen and oxygen atoms in total. The molecule has 2 aromatic heterocycles. The van der Waals surface area contributed by atoms with E-state index in [2.05, 4.69) is 19.9 Å². The summed E-state index contributed by atoms with van der Waals surface area (Å²) in [6.45, 7) is 0. The Balaban J connectivity index is 1.93. The molecule has 0 bridgehead atoms. The summed E-state index contributed by atoms with van der Waals surface area (Å²) in [5.41, 5.74) is 13.1. The monoisotopic (exact) mass is 232 g/mol. The van der Waals surface area contributed by atoms with Crippen molar-refractivity contribution in [3.8, 4) is 0 Å². The lowest BCUT2D eigenvalue weighted by Crippen LogP contribution is -2.26. The van der Waals surface area contributed by atoms with Gasteiger partial charge in [0.25, 0.3) is 0 Å². The van der Waals surface area contributed by atoms with Gasteiger partial charge in [0.05, 0.1) is 0 Å². The number of rotatable bonds is 1. The molecule has 1 fully saturated rings. The van der Waals surface area contributed by atoms with E-state index in [4.69, 9.17) is 11.5 Å². The Morgan fingerprint density at radius 2 is 1.94 bits per heavy atom. The number of hydrogen-bond acceptors (Lipinski definition) is 5. The van der Waals surface area contributed by atoms with Crippen LogP contribution in [0, 0.1) is 0 Å². The van der Waals surface area contributed by atoms with E-state index in [0.717, 1.165) is 37.0 Å². The highest BCUT2D eigenvalue weighted by molar-refractivity contribution is 5.81. The first-order valence-corrected chi connectivity index (χ1v) is 5.95. The van der Waals surface area contributed by atoms with E-state index in [9.17, 15) is 0 Å². The van der Waals surface area contributed by atoms with Gasteiger partial charge in [-0.2, -0.15) is 0 Å². The number of nitrogens with zero attached hydrogens (tertiary/aromatic N) is 3. The fourth-order valence-corrected chi connectivity index (χ4v) is 2.45. The summed E-state index contributed by atoms with van der Waals surface area (Å²) in [5.74, 6) is 1.88. The van der Waals surface area contributed by atoms with Crippen molar-refractivity contribution < 1.29 is 0 Å². The van der Waals surface area contributed by atoms with E-state index in [1.807, 2.05) is 0 Å². The van der Waals surface area contributed by atoms with Crippen molar-refractivity contribution in [3.05, 3.63) is 12.2 Å². The maximum atomic E-state index is 5.90. The normalized spacial score (nSPS) is 25.2. The summed E-state index contributed by atoms with van der Waals surface area (Å²) in [5, 5.41) is 0. The molecule has 2 heterocycles. The van der Waals surface area contributed by atoms with Gasteiger partial charge in [0.15, 0.2) is 11.5 Å². The van der Waals surface area contributed by atoms with E-state index >= 15 is 0 Å². The minimum atomic E-state index is 0.348. The van der Waals surface area contributed by atoms with Gasteiger partial charge in [-0.05, 0) is 25.7 Å². The van der Waals surface area contributed by atoms with Gasteiger partial charge in [0, 0.05) is 12.0 Å². The van der Waals surface area contributed by atoms with Crippen LogP contribution in [0.15, 0.2) is 6.33 Å². The fourth-order valence-electron chi connectivity index (χ4n) is 2.45. The molecule has 1 aliphatic rings. The van der Waals surface area contributed by atoms with Crippen molar-refractivity contribution in [2.45, 2.75) is 37.6 Å². The smallest absolute Gasteiger partial charge is 0.183 e. The standard InChI is InChI=1S/C11H16N6/c12-7-3-1-6(2-4-7)10-16-8-9(13)14-5-15-11(8)17-10/h5-7H,1-4,12H2,(H3,13,14,15,16,17). The quantitative estimate of drug-likeness (QED) is 0.677. The highest BCUT2D eigenvalue weighted by Crippen LogP contribution is 2.31. The molecular formula is C11H16N6. The highest BCUT2D eigenvalue weighted by atomic mass is 15.0. The second-order valence-corrected chi connectivity index (χ2v) is 4.69. The van der Waals surface area contributed by atoms with Gasteiger partial charge in [-0.3, -0.25) is 0 Å². The Kier molecular flexibility index (Phi) is 2.44. The van der Waals surface area contributed by atoms with Crippen LogP contribution in [0.1, 0.15) is 37.4 Å². The third kappa shape index (κ3) is 1.84. The molecule has 0 unspecified atom stereocenters. The number of fused-ring (bicyclic) bond motifs is 1. The van der Waals surface area contributed by atoms with Crippen LogP contribution < -0.4 is 11.5 Å². The number of aromatic amines is 1. The maximum Gasteiger partial charge on any atom is 0.183 e. The van der Waals surface area contributed by atoms with Crippen molar-refractivity contribution >= 4 is 17.0 Å². The molecule has 0 amide bonds. The van der Waals surface area contributed by atoms with Gasteiger partial charge in [-0.25, -0.2) is 15.0 Å². The maximum absolute atomic E-state index is 5.90. The van der Waals surface area contributed by atoms with Crippen molar-refractivity contribution in [1.82, 2.24) is 19.9 Å². The zero-order chi connectivity index (χ0) is 11.8. The first kappa shape index (κ1) is 10.5. The summed E-state index contributed by atoms with van der Waals surface area (Å²) in [6.07, 6.45) is 5.72.